The number of nitrogens with zero attached hydrogens (tertiary/aromatic N) is 1. The maximum atomic E-state index is 12.5. The van der Waals surface area contributed by atoms with E-state index in [-0.39, 0.29) is 12.0 Å². The van der Waals surface area contributed by atoms with Gasteiger partial charge in [0.2, 0.25) is 0 Å². The molecule has 0 bridgehead atoms. The van der Waals surface area contributed by atoms with Gasteiger partial charge < -0.3 is 14.4 Å². The summed E-state index contributed by atoms with van der Waals surface area (Å²) in [4.78, 5) is 26.5. The van der Waals surface area contributed by atoms with Gasteiger partial charge in [-0.1, -0.05) is 23.7 Å². The fraction of sp³-hybridized carbons (Fsp3) is 0.556. The van der Waals surface area contributed by atoms with Crippen molar-refractivity contribution in [2.75, 3.05) is 13.7 Å². The fourth-order valence-corrected chi connectivity index (χ4v) is 3.12. The van der Waals surface area contributed by atoms with Crippen molar-refractivity contribution in [3.8, 4) is 0 Å². The number of carbonyl (C=O) groups excluding carboxylic acids is 2. The third kappa shape index (κ3) is 4.41. The molecular formula is C18H24ClNO4. The van der Waals surface area contributed by atoms with Crippen molar-refractivity contribution in [1.29, 1.82) is 0 Å². The number of carbonyl (C=O) groups is 2. The zero-order chi connectivity index (χ0) is 17.9. The molecule has 0 radical (unpaired) electrons. The molecule has 0 aromatic heterocycles. The summed E-state index contributed by atoms with van der Waals surface area (Å²) in [6, 6.07) is 6.79. The van der Waals surface area contributed by atoms with Crippen molar-refractivity contribution in [3.63, 3.8) is 0 Å². The Labute approximate surface area is 147 Å². The van der Waals surface area contributed by atoms with E-state index in [1.807, 2.05) is 20.8 Å². The number of halogens is 1. The molecule has 1 aliphatic heterocycles. The highest BCUT2D eigenvalue weighted by Crippen LogP contribution is 2.33. The summed E-state index contributed by atoms with van der Waals surface area (Å²) >= 11 is 5.94. The molecule has 1 amide bonds. The first-order valence-corrected chi connectivity index (χ1v) is 8.43. The second-order valence-corrected chi connectivity index (χ2v) is 7.37. The first kappa shape index (κ1) is 18.6. The van der Waals surface area contributed by atoms with Crippen LogP contribution in [0.2, 0.25) is 5.02 Å². The molecule has 1 aromatic rings. The van der Waals surface area contributed by atoms with E-state index in [0.29, 0.717) is 11.6 Å². The van der Waals surface area contributed by atoms with E-state index < -0.39 is 17.6 Å². The van der Waals surface area contributed by atoms with Crippen molar-refractivity contribution in [1.82, 2.24) is 4.90 Å². The molecule has 0 spiro atoms. The summed E-state index contributed by atoms with van der Waals surface area (Å²) in [7, 11) is 1.36. The molecule has 24 heavy (non-hydrogen) atoms. The number of hydrogen-bond donors (Lipinski definition) is 0. The lowest BCUT2D eigenvalue weighted by Gasteiger charge is -2.32. The van der Waals surface area contributed by atoms with E-state index in [9.17, 15) is 9.59 Å². The molecule has 1 fully saturated rings. The van der Waals surface area contributed by atoms with Gasteiger partial charge in [-0.05, 0) is 51.3 Å². The summed E-state index contributed by atoms with van der Waals surface area (Å²) in [6.07, 6.45) is 1.15. The summed E-state index contributed by atoms with van der Waals surface area (Å²) in [5, 5.41) is 0.595. The average molecular weight is 354 g/mol. The van der Waals surface area contributed by atoms with Crippen molar-refractivity contribution < 1.29 is 19.1 Å². The number of benzene rings is 1. The molecule has 6 heteroatoms. The van der Waals surface area contributed by atoms with Crippen molar-refractivity contribution >= 4 is 23.7 Å². The van der Waals surface area contributed by atoms with Crippen LogP contribution in [0.5, 0.6) is 0 Å². The number of methoxy groups -OCH3 is 1. The number of hydrogen-bond acceptors (Lipinski definition) is 4. The monoisotopic (exact) mass is 353 g/mol. The van der Waals surface area contributed by atoms with Crippen LogP contribution >= 0.6 is 11.6 Å². The van der Waals surface area contributed by atoms with Crippen LogP contribution < -0.4 is 0 Å². The topological polar surface area (TPSA) is 55.8 Å². The van der Waals surface area contributed by atoms with Gasteiger partial charge >= 0.3 is 12.1 Å². The van der Waals surface area contributed by atoms with Crippen LogP contribution in [0.25, 0.3) is 0 Å². The summed E-state index contributed by atoms with van der Waals surface area (Å²) in [5.74, 6) is -0.917. The van der Waals surface area contributed by atoms with Gasteiger partial charge in [-0.2, -0.15) is 0 Å². The van der Waals surface area contributed by atoms with Gasteiger partial charge in [0.1, 0.15) is 11.5 Å². The maximum absolute atomic E-state index is 12.5. The molecule has 132 valence electrons. The number of esters is 1. The van der Waals surface area contributed by atoms with Crippen LogP contribution in [-0.4, -0.2) is 42.3 Å². The molecule has 5 nitrogen and oxygen atoms in total. The van der Waals surface area contributed by atoms with Gasteiger partial charge in [0.25, 0.3) is 0 Å². The molecular weight excluding hydrogens is 330 g/mol. The normalized spacial score (nSPS) is 19.0. The van der Waals surface area contributed by atoms with Gasteiger partial charge in [0.05, 0.1) is 13.2 Å². The van der Waals surface area contributed by atoms with Crippen molar-refractivity contribution in [2.45, 2.75) is 51.2 Å². The average Bonchev–Trinajstić information content (AvgIpc) is 2.97. The van der Waals surface area contributed by atoms with Gasteiger partial charge in [0.15, 0.2) is 0 Å². The van der Waals surface area contributed by atoms with Crippen LogP contribution in [0, 0.1) is 0 Å². The highest BCUT2D eigenvalue weighted by atomic mass is 35.5. The van der Waals surface area contributed by atoms with E-state index in [1.165, 1.54) is 7.11 Å². The van der Waals surface area contributed by atoms with E-state index in [0.717, 1.165) is 18.4 Å². The lowest BCUT2D eigenvalue weighted by atomic mass is 9.90. The summed E-state index contributed by atoms with van der Waals surface area (Å²) in [5.41, 5.74) is 0.206. The minimum absolute atomic E-state index is 0.284. The minimum atomic E-state index is -0.578. The molecule has 0 saturated carbocycles. The smallest absolute Gasteiger partial charge is 0.410 e. The van der Waals surface area contributed by atoms with E-state index in [1.54, 1.807) is 29.2 Å². The number of rotatable bonds is 3. The highest BCUT2D eigenvalue weighted by molar-refractivity contribution is 6.30. The van der Waals surface area contributed by atoms with E-state index in [2.05, 4.69) is 0 Å². The third-order valence-electron chi connectivity index (χ3n) is 4.00. The molecule has 2 unspecified atom stereocenters. The van der Waals surface area contributed by atoms with Crippen molar-refractivity contribution in [3.05, 3.63) is 34.9 Å². The molecule has 1 heterocycles. The highest BCUT2D eigenvalue weighted by Gasteiger charge is 2.41. The predicted molar refractivity (Wildman–Crippen MR) is 92.2 cm³/mol. The third-order valence-corrected chi connectivity index (χ3v) is 4.25. The molecule has 1 saturated heterocycles. The first-order valence-electron chi connectivity index (χ1n) is 8.06. The zero-order valence-electron chi connectivity index (χ0n) is 14.5. The lowest BCUT2D eigenvalue weighted by molar-refractivity contribution is -0.143. The molecule has 0 N–H and O–H groups in total. The Kier molecular flexibility index (Phi) is 5.75. The number of likely N-dealkylation sites (tertiary alicyclic amines) is 1. The van der Waals surface area contributed by atoms with Gasteiger partial charge in [0, 0.05) is 11.6 Å². The van der Waals surface area contributed by atoms with Gasteiger partial charge in [-0.3, -0.25) is 4.79 Å². The first-order chi connectivity index (χ1) is 11.2. The van der Waals surface area contributed by atoms with Crippen LogP contribution in [0.1, 0.15) is 45.1 Å². The molecule has 2 rings (SSSR count). The Morgan fingerprint density at radius 1 is 1.25 bits per heavy atom. The minimum Gasteiger partial charge on any atom is -0.468 e. The fourth-order valence-electron chi connectivity index (χ4n) is 3.00. The van der Waals surface area contributed by atoms with Crippen molar-refractivity contribution in [2.24, 2.45) is 0 Å². The van der Waals surface area contributed by atoms with Crippen LogP contribution in [0.3, 0.4) is 0 Å². The quantitative estimate of drug-likeness (QED) is 0.771. The number of amides is 1. The maximum Gasteiger partial charge on any atom is 0.410 e. The van der Waals surface area contributed by atoms with Crippen LogP contribution in [0.15, 0.2) is 24.3 Å². The Bertz CT molecular complexity index is 594. The second kappa shape index (κ2) is 7.43. The molecule has 0 aliphatic carbocycles. The van der Waals surface area contributed by atoms with Gasteiger partial charge in [-0.15, -0.1) is 0 Å². The van der Waals surface area contributed by atoms with E-state index >= 15 is 0 Å². The second-order valence-electron chi connectivity index (χ2n) is 6.94. The SMILES string of the molecule is COC(=O)C(c1ccc(Cl)cc1)C1CCCN1C(=O)OC(C)(C)C. The lowest BCUT2D eigenvalue weighted by Crippen LogP contribution is -2.44. The Morgan fingerprint density at radius 2 is 1.88 bits per heavy atom. The van der Waals surface area contributed by atoms with Gasteiger partial charge in [-0.25, -0.2) is 4.79 Å². The molecule has 1 aliphatic rings. The largest absolute Gasteiger partial charge is 0.468 e. The summed E-state index contributed by atoms with van der Waals surface area (Å²) in [6.45, 7) is 6.05. The number of ether oxygens (including phenoxy) is 2. The molecule has 2 atom stereocenters. The Morgan fingerprint density at radius 3 is 2.42 bits per heavy atom. The zero-order valence-corrected chi connectivity index (χ0v) is 15.3. The predicted octanol–water partition coefficient (Wildman–Crippen LogP) is 4.00. The summed E-state index contributed by atoms with van der Waals surface area (Å²) < 4.78 is 10.5. The van der Waals surface area contributed by atoms with Crippen LogP contribution in [0.4, 0.5) is 4.79 Å². The van der Waals surface area contributed by atoms with E-state index in [4.69, 9.17) is 21.1 Å². The Hall–Kier alpha value is -1.75. The standard InChI is InChI=1S/C18H24ClNO4/c1-18(2,3)24-17(22)20-11-5-6-14(20)15(16(21)23-4)12-7-9-13(19)10-8-12/h7-10,14-15H,5-6,11H2,1-4H3. The Balaban J connectivity index is 2.29. The molecule has 1 aromatic carbocycles. The van der Waals surface area contributed by atoms with Crippen LogP contribution in [-0.2, 0) is 14.3 Å².